The minimum absolute atomic E-state index is 0.168. The SMILES string of the molecule is CNC(C)C(=O)NC1CN(C(=O)Nc2ccc(NC(=O)N3CCC4CCC(C(=O)NC(c5ccccc5)c5ccccc5)N4C(=O)C(NC(=O)C(C)NC)C3)cc2)CCC2CCC(C(=O)NC(c3ccccc3)c3ccccc3)N2C1=O. The molecule has 10 amide bonds. The molecule has 82 heavy (non-hydrogen) atoms. The molecule has 4 fully saturated rings. The molecule has 9 rings (SSSR count). The number of rotatable bonds is 16. The Morgan fingerprint density at radius 1 is 0.439 bits per heavy atom. The van der Waals surface area contributed by atoms with E-state index in [-0.39, 0.29) is 50.1 Å². The van der Waals surface area contributed by atoms with Crippen molar-refractivity contribution in [2.45, 2.75) is 113 Å². The Morgan fingerprint density at radius 2 is 0.756 bits per heavy atom. The molecule has 4 aliphatic rings. The van der Waals surface area contributed by atoms with Crippen LogP contribution in [0, 0.1) is 0 Å². The van der Waals surface area contributed by atoms with Gasteiger partial charge >= 0.3 is 12.1 Å². The normalized spacial score (nSPS) is 21.6. The first-order valence-electron chi connectivity index (χ1n) is 28.3. The van der Waals surface area contributed by atoms with Gasteiger partial charge in [0.1, 0.15) is 24.2 Å². The lowest BCUT2D eigenvalue weighted by atomic mass is 9.98. The number of fused-ring (bicyclic) bond motifs is 2. The van der Waals surface area contributed by atoms with Gasteiger partial charge in [-0.05, 0) is 113 Å². The highest BCUT2D eigenvalue weighted by Crippen LogP contribution is 2.34. The quantitative estimate of drug-likeness (QED) is 0.0666. The molecule has 0 radical (unpaired) electrons. The minimum atomic E-state index is -1.17. The Morgan fingerprint density at radius 3 is 1.06 bits per heavy atom. The van der Waals surface area contributed by atoms with E-state index in [1.807, 2.05) is 121 Å². The van der Waals surface area contributed by atoms with E-state index >= 15 is 0 Å². The molecule has 4 aliphatic heterocycles. The zero-order valence-corrected chi connectivity index (χ0v) is 46.8. The van der Waals surface area contributed by atoms with E-state index in [2.05, 4.69) is 42.5 Å². The van der Waals surface area contributed by atoms with E-state index in [1.54, 1.807) is 62.0 Å². The number of urea groups is 2. The molecule has 4 saturated heterocycles. The van der Waals surface area contributed by atoms with Crippen LogP contribution in [0.1, 0.15) is 86.7 Å². The van der Waals surface area contributed by atoms with Crippen LogP contribution in [0.3, 0.4) is 0 Å². The summed E-state index contributed by atoms with van der Waals surface area (Å²) in [6.45, 7) is 3.43. The smallest absolute Gasteiger partial charge is 0.321 e. The number of hydrogen-bond donors (Lipinski definition) is 8. The van der Waals surface area contributed by atoms with Gasteiger partial charge in [-0.1, -0.05) is 121 Å². The Balaban J connectivity index is 0.855. The second-order valence-corrected chi connectivity index (χ2v) is 21.6. The highest BCUT2D eigenvalue weighted by atomic mass is 16.2. The molecule has 20 heteroatoms. The third-order valence-corrected chi connectivity index (χ3v) is 16.3. The summed E-state index contributed by atoms with van der Waals surface area (Å²) in [6.07, 6.45) is 2.61. The van der Waals surface area contributed by atoms with Gasteiger partial charge in [0.05, 0.1) is 37.3 Å². The van der Waals surface area contributed by atoms with E-state index in [0.29, 0.717) is 49.9 Å². The summed E-state index contributed by atoms with van der Waals surface area (Å²) in [4.78, 5) is 120. The minimum Gasteiger partial charge on any atom is -0.343 e. The van der Waals surface area contributed by atoms with Crippen molar-refractivity contribution in [2.75, 3.05) is 50.9 Å². The summed E-state index contributed by atoms with van der Waals surface area (Å²) in [5.74, 6) is -2.42. The van der Waals surface area contributed by atoms with Crippen LogP contribution in [0.15, 0.2) is 146 Å². The van der Waals surface area contributed by atoms with Crippen LogP contribution in [0.25, 0.3) is 0 Å². The van der Waals surface area contributed by atoms with Crippen LogP contribution in [-0.2, 0) is 28.8 Å². The number of carbonyl (C=O) groups is 8. The van der Waals surface area contributed by atoms with E-state index < -0.39 is 84.0 Å². The monoisotopic (exact) mass is 1110 g/mol. The topological polar surface area (TPSA) is 246 Å². The van der Waals surface area contributed by atoms with Crippen LogP contribution in [0.5, 0.6) is 0 Å². The molecule has 0 aliphatic carbocycles. The zero-order chi connectivity index (χ0) is 57.9. The van der Waals surface area contributed by atoms with Crippen molar-refractivity contribution in [3.8, 4) is 0 Å². The van der Waals surface area contributed by atoms with E-state index in [0.717, 1.165) is 22.3 Å². The molecule has 430 valence electrons. The van der Waals surface area contributed by atoms with Gasteiger partial charge in [-0.2, -0.15) is 0 Å². The summed E-state index contributed by atoms with van der Waals surface area (Å²) >= 11 is 0. The first kappa shape index (κ1) is 58.0. The molecule has 8 unspecified atom stereocenters. The number of amides is 10. The summed E-state index contributed by atoms with van der Waals surface area (Å²) in [5, 5.41) is 23.8. The molecular weight excluding hydrogens is 1040 g/mol. The van der Waals surface area contributed by atoms with Gasteiger partial charge in [-0.25, -0.2) is 9.59 Å². The molecule has 0 saturated carbocycles. The third-order valence-electron chi connectivity index (χ3n) is 16.3. The second-order valence-electron chi connectivity index (χ2n) is 21.6. The highest BCUT2D eigenvalue weighted by molar-refractivity contribution is 5.97. The molecular formula is C62H74N12O8. The van der Waals surface area contributed by atoms with Crippen LogP contribution in [0.2, 0.25) is 0 Å². The number of carbonyl (C=O) groups excluding carboxylic acids is 8. The van der Waals surface area contributed by atoms with Gasteiger partial charge < -0.3 is 62.1 Å². The maximum Gasteiger partial charge on any atom is 0.321 e. The van der Waals surface area contributed by atoms with E-state index in [4.69, 9.17) is 0 Å². The van der Waals surface area contributed by atoms with E-state index in [1.165, 1.54) is 9.80 Å². The van der Waals surface area contributed by atoms with Crippen molar-refractivity contribution in [3.05, 3.63) is 168 Å². The standard InChI is InChI=1S/C62H74N12O8/c1-39(63-3)55(75)67-49-37-71(35-33-47-29-31-51(73(47)59(49)79)57(77)69-53(41-17-9-5-10-18-41)42-19-11-6-12-20-42)61(81)65-45-25-27-46(28-26-45)66-62(82)72-36-34-48-30-32-52(74(48)60(80)50(38-72)68-56(76)40(2)64-4)58(78)70-54(43-21-13-7-14-22-43)44-23-15-8-16-24-44/h5-28,39-40,47-54,63-64H,29-38H2,1-4H3,(H,65,81)(H,66,82)(H,67,75)(H,68,76)(H,69,77)(H,70,78). The Bertz CT molecular complexity index is 2770. The Hall–Kier alpha value is -8.62. The molecule has 8 atom stereocenters. The number of anilines is 2. The fraction of sp³-hybridized carbons (Fsp3) is 0.387. The van der Waals surface area contributed by atoms with Gasteiger partial charge in [-0.15, -0.1) is 0 Å². The average molecular weight is 1120 g/mol. The summed E-state index contributed by atoms with van der Waals surface area (Å²) in [5.41, 5.74) is 4.33. The average Bonchev–Trinajstić information content (AvgIpc) is 4.22. The molecule has 0 bridgehead atoms. The molecule has 4 heterocycles. The predicted octanol–water partition coefficient (Wildman–Crippen LogP) is 4.88. The molecule has 0 spiro atoms. The molecule has 5 aromatic carbocycles. The zero-order valence-electron chi connectivity index (χ0n) is 46.8. The first-order chi connectivity index (χ1) is 39.7. The highest BCUT2D eigenvalue weighted by Gasteiger charge is 2.48. The molecule has 20 nitrogen and oxygen atoms in total. The van der Waals surface area contributed by atoms with Crippen molar-refractivity contribution < 1.29 is 38.4 Å². The van der Waals surface area contributed by atoms with Crippen molar-refractivity contribution in [1.82, 2.24) is 51.5 Å². The lowest BCUT2D eigenvalue weighted by Gasteiger charge is -2.39. The van der Waals surface area contributed by atoms with Gasteiger partial charge in [0.2, 0.25) is 35.4 Å². The van der Waals surface area contributed by atoms with Gasteiger partial charge in [-0.3, -0.25) is 28.8 Å². The number of likely N-dealkylation sites (N-methyl/N-ethyl adjacent to an activating group) is 2. The lowest BCUT2D eigenvalue weighted by Crippen LogP contribution is -2.62. The number of hydrogen-bond acceptors (Lipinski definition) is 10. The third kappa shape index (κ3) is 13.6. The summed E-state index contributed by atoms with van der Waals surface area (Å²) < 4.78 is 0. The summed E-state index contributed by atoms with van der Waals surface area (Å²) in [7, 11) is 3.26. The molecule has 8 N–H and O–H groups in total. The number of nitrogens with zero attached hydrogens (tertiary/aromatic N) is 4. The Kier molecular flexibility index (Phi) is 18.9. The fourth-order valence-corrected chi connectivity index (χ4v) is 11.5. The van der Waals surface area contributed by atoms with E-state index in [9.17, 15) is 38.4 Å². The first-order valence-corrected chi connectivity index (χ1v) is 28.3. The van der Waals surface area contributed by atoms with Gasteiger partial charge in [0, 0.05) is 36.5 Å². The largest absolute Gasteiger partial charge is 0.343 e. The number of benzene rings is 5. The van der Waals surface area contributed by atoms with Crippen LogP contribution < -0.4 is 42.5 Å². The van der Waals surface area contributed by atoms with Crippen molar-refractivity contribution in [3.63, 3.8) is 0 Å². The molecule has 5 aromatic rings. The maximum atomic E-state index is 14.8. The van der Waals surface area contributed by atoms with Crippen molar-refractivity contribution in [2.24, 2.45) is 0 Å². The van der Waals surface area contributed by atoms with Crippen molar-refractivity contribution in [1.29, 1.82) is 0 Å². The predicted molar refractivity (Wildman–Crippen MR) is 311 cm³/mol. The van der Waals surface area contributed by atoms with Crippen LogP contribution in [-0.4, -0.2) is 156 Å². The van der Waals surface area contributed by atoms with Gasteiger partial charge in [0.15, 0.2) is 0 Å². The fourth-order valence-electron chi connectivity index (χ4n) is 11.5. The van der Waals surface area contributed by atoms with Gasteiger partial charge in [0.25, 0.3) is 0 Å². The van der Waals surface area contributed by atoms with Crippen LogP contribution in [0.4, 0.5) is 21.0 Å². The van der Waals surface area contributed by atoms with Crippen molar-refractivity contribution >= 4 is 58.9 Å². The maximum absolute atomic E-state index is 14.8. The molecule has 0 aromatic heterocycles. The second kappa shape index (κ2) is 26.8. The number of nitrogens with one attached hydrogen (secondary N) is 8. The lowest BCUT2D eigenvalue weighted by molar-refractivity contribution is -0.144. The summed E-state index contributed by atoms with van der Waals surface area (Å²) in [6, 6.07) is 37.0. The van der Waals surface area contributed by atoms with Crippen LogP contribution >= 0.6 is 0 Å². The Labute approximate surface area is 478 Å².